The van der Waals surface area contributed by atoms with E-state index in [-0.39, 0.29) is 0 Å². The number of likely N-dealkylation sites (tertiary alicyclic amines) is 1. The maximum atomic E-state index is 4.86. The van der Waals surface area contributed by atoms with E-state index in [4.69, 9.17) is 4.99 Å². The molecule has 1 aliphatic heterocycles. The Labute approximate surface area is 159 Å². The molecule has 3 aromatic rings. The van der Waals surface area contributed by atoms with E-state index in [0.29, 0.717) is 12.5 Å². The van der Waals surface area contributed by atoms with Gasteiger partial charge in [-0.2, -0.15) is 0 Å². The Morgan fingerprint density at radius 3 is 2.85 bits per heavy atom. The van der Waals surface area contributed by atoms with Gasteiger partial charge in [0.25, 0.3) is 0 Å². The molecule has 4 rings (SSSR count). The molecule has 2 aromatic heterocycles. The largest absolute Gasteiger partial charge is 0.357 e. The number of fused-ring (bicyclic) bond motifs is 1. The van der Waals surface area contributed by atoms with Crippen LogP contribution in [0.5, 0.6) is 0 Å². The molecule has 1 unspecified atom stereocenters. The quantitative estimate of drug-likeness (QED) is 0.560. The molecular formula is C21H26N6. The fraction of sp³-hybridized carbons (Fsp3) is 0.381. The minimum absolute atomic E-state index is 0.579. The van der Waals surface area contributed by atoms with Gasteiger partial charge in [-0.25, -0.2) is 0 Å². The predicted molar refractivity (Wildman–Crippen MR) is 108 cm³/mol. The fourth-order valence-corrected chi connectivity index (χ4v) is 3.70. The Hall–Kier alpha value is -2.89. The topological polar surface area (TPSA) is 57.8 Å². The number of nitrogens with one attached hydrogen (secondary N) is 1. The highest BCUT2D eigenvalue weighted by atomic mass is 15.3. The van der Waals surface area contributed by atoms with E-state index in [1.54, 1.807) is 0 Å². The molecule has 1 atom stereocenters. The molecule has 140 valence electrons. The number of rotatable bonds is 5. The molecule has 1 aliphatic rings. The normalized spacial score (nSPS) is 17.6. The first-order valence-electron chi connectivity index (χ1n) is 9.72. The molecule has 3 heterocycles. The van der Waals surface area contributed by atoms with Crippen molar-refractivity contribution in [2.45, 2.75) is 25.7 Å². The molecule has 1 saturated heterocycles. The van der Waals surface area contributed by atoms with Gasteiger partial charge in [-0.1, -0.05) is 36.4 Å². The van der Waals surface area contributed by atoms with Gasteiger partial charge in [0.2, 0.25) is 0 Å². The summed E-state index contributed by atoms with van der Waals surface area (Å²) in [4.78, 5) is 7.23. The first kappa shape index (κ1) is 17.5. The molecule has 27 heavy (non-hydrogen) atoms. The summed E-state index contributed by atoms with van der Waals surface area (Å²) in [6, 6.07) is 16.7. The van der Waals surface area contributed by atoms with Crippen LogP contribution in [0.2, 0.25) is 0 Å². The van der Waals surface area contributed by atoms with Crippen molar-refractivity contribution < 1.29 is 0 Å². The maximum Gasteiger partial charge on any atom is 0.193 e. The van der Waals surface area contributed by atoms with Crippen molar-refractivity contribution in [1.82, 2.24) is 24.8 Å². The Bertz CT molecular complexity index is 901. The van der Waals surface area contributed by atoms with Crippen molar-refractivity contribution in [1.29, 1.82) is 0 Å². The molecule has 0 bridgehead atoms. The molecule has 6 nitrogen and oxygen atoms in total. The van der Waals surface area contributed by atoms with E-state index in [9.17, 15) is 0 Å². The van der Waals surface area contributed by atoms with Crippen molar-refractivity contribution in [3.63, 3.8) is 0 Å². The van der Waals surface area contributed by atoms with Gasteiger partial charge in [0, 0.05) is 44.7 Å². The van der Waals surface area contributed by atoms with Crippen LogP contribution in [0.3, 0.4) is 0 Å². The van der Waals surface area contributed by atoms with Gasteiger partial charge < -0.3 is 10.2 Å². The number of guanidine groups is 1. The highest BCUT2D eigenvalue weighted by Gasteiger charge is 2.25. The predicted octanol–water partition coefficient (Wildman–Crippen LogP) is 2.73. The van der Waals surface area contributed by atoms with Crippen LogP contribution in [0.4, 0.5) is 0 Å². The van der Waals surface area contributed by atoms with Crippen molar-refractivity contribution >= 4 is 11.6 Å². The zero-order valence-corrected chi connectivity index (χ0v) is 15.8. The Morgan fingerprint density at radius 1 is 1.15 bits per heavy atom. The monoisotopic (exact) mass is 362 g/mol. The van der Waals surface area contributed by atoms with Crippen molar-refractivity contribution in [2.75, 3.05) is 26.2 Å². The molecule has 1 N–H and O–H groups in total. The standard InChI is InChI=1S/C21H26N6/c1-2-22-21(26-15-12-18(16-26)17-8-4-3-5-9-17)23-13-11-20-25-24-19-10-6-7-14-27(19)20/h3-10,14,18H,2,11-13,15-16H2,1H3,(H,22,23). The van der Waals surface area contributed by atoms with Crippen molar-refractivity contribution in [2.24, 2.45) is 4.99 Å². The van der Waals surface area contributed by atoms with Gasteiger partial charge in [0.05, 0.1) is 0 Å². The summed E-state index contributed by atoms with van der Waals surface area (Å²) in [5, 5.41) is 12.0. The van der Waals surface area contributed by atoms with Crippen LogP contribution in [0.1, 0.15) is 30.7 Å². The third kappa shape index (κ3) is 3.94. The van der Waals surface area contributed by atoms with Gasteiger partial charge in [0.15, 0.2) is 11.6 Å². The van der Waals surface area contributed by atoms with E-state index in [1.165, 1.54) is 12.0 Å². The minimum atomic E-state index is 0.579. The lowest BCUT2D eigenvalue weighted by molar-refractivity contribution is 0.486. The Kier molecular flexibility index (Phi) is 5.32. The molecule has 0 spiro atoms. The molecule has 0 radical (unpaired) electrons. The average molecular weight is 362 g/mol. The lowest BCUT2D eigenvalue weighted by Gasteiger charge is -2.21. The summed E-state index contributed by atoms with van der Waals surface area (Å²) < 4.78 is 2.03. The van der Waals surface area contributed by atoms with Gasteiger partial charge in [-0.3, -0.25) is 9.39 Å². The third-order valence-corrected chi connectivity index (χ3v) is 5.07. The van der Waals surface area contributed by atoms with Gasteiger partial charge >= 0.3 is 0 Å². The highest BCUT2D eigenvalue weighted by molar-refractivity contribution is 5.80. The van der Waals surface area contributed by atoms with E-state index in [2.05, 4.69) is 57.7 Å². The second kappa shape index (κ2) is 8.20. The van der Waals surface area contributed by atoms with E-state index >= 15 is 0 Å². The highest BCUT2D eigenvalue weighted by Crippen LogP contribution is 2.26. The number of aromatic nitrogens is 3. The van der Waals surface area contributed by atoms with Crippen LogP contribution in [-0.2, 0) is 6.42 Å². The summed E-state index contributed by atoms with van der Waals surface area (Å²) in [5.74, 6) is 2.54. The van der Waals surface area contributed by atoms with Gasteiger partial charge in [-0.15, -0.1) is 10.2 Å². The summed E-state index contributed by atoms with van der Waals surface area (Å²) in [7, 11) is 0. The number of aliphatic imine (C=N–C) groups is 1. The van der Waals surface area contributed by atoms with E-state index in [1.807, 2.05) is 28.8 Å². The third-order valence-electron chi connectivity index (χ3n) is 5.07. The molecule has 0 aliphatic carbocycles. The number of benzene rings is 1. The van der Waals surface area contributed by atoms with Gasteiger partial charge in [0.1, 0.15) is 5.82 Å². The van der Waals surface area contributed by atoms with Crippen LogP contribution in [0.15, 0.2) is 59.7 Å². The number of hydrogen-bond acceptors (Lipinski definition) is 3. The minimum Gasteiger partial charge on any atom is -0.357 e. The van der Waals surface area contributed by atoms with Crippen LogP contribution in [0, 0.1) is 0 Å². The molecular weight excluding hydrogens is 336 g/mol. The summed E-state index contributed by atoms with van der Waals surface area (Å²) >= 11 is 0. The molecule has 0 saturated carbocycles. The summed E-state index contributed by atoms with van der Waals surface area (Å²) in [6.07, 6.45) is 3.95. The second-order valence-corrected chi connectivity index (χ2v) is 6.87. The van der Waals surface area contributed by atoms with Crippen molar-refractivity contribution in [3.8, 4) is 0 Å². The zero-order chi connectivity index (χ0) is 18.5. The smallest absolute Gasteiger partial charge is 0.193 e. The number of nitrogens with zero attached hydrogens (tertiary/aromatic N) is 5. The average Bonchev–Trinajstić information content (AvgIpc) is 3.36. The molecule has 6 heteroatoms. The maximum absolute atomic E-state index is 4.86. The van der Waals surface area contributed by atoms with Crippen LogP contribution < -0.4 is 5.32 Å². The Morgan fingerprint density at radius 2 is 2.00 bits per heavy atom. The first-order chi connectivity index (χ1) is 13.3. The lowest BCUT2D eigenvalue weighted by atomic mass is 9.99. The first-order valence-corrected chi connectivity index (χ1v) is 9.72. The molecule has 1 aromatic carbocycles. The van der Waals surface area contributed by atoms with E-state index in [0.717, 1.165) is 43.5 Å². The lowest BCUT2D eigenvalue weighted by Crippen LogP contribution is -2.40. The summed E-state index contributed by atoms with van der Waals surface area (Å²) in [6.45, 7) is 5.75. The van der Waals surface area contributed by atoms with Crippen LogP contribution in [0.25, 0.3) is 5.65 Å². The SMILES string of the molecule is CCNC(=NCCc1nnc2ccccn12)N1CCC(c2ccccc2)C1. The van der Waals surface area contributed by atoms with Crippen molar-refractivity contribution in [3.05, 3.63) is 66.1 Å². The summed E-state index contributed by atoms with van der Waals surface area (Å²) in [5.41, 5.74) is 2.31. The number of pyridine rings is 1. The van der Waals surface area contributed by atoms with Crippen LogP contribution in [-0.4, -0.2) is 51.6 Å². The fourth-order valence-electron chi connectivity index (χ4n) is 3.70. The Balaban J connectivity index is 1.41. The zero-order valence-electron chi connectivity index (χ0n) is 15.8. The van der Waals surface area contributed by atoms with Gasteiger partial charge in [-0.05, 0) is 31.0 Å². The molecule has 1 fully saturated rings. The second-order valence-electron chi connectivity index (χ2n) is 6.87. The van der Waals surface area contributed by atoms with E-state index < -0.39 is 0 Å². The van der Waals surface area contributed by atoms with Crippen LogP contribution >= 0.6 is 0 Å². The molecule has 0 amide bonds. The number of hydrogen-bond donors (Lipinski definition) is 1.